The second-order valence-corrected chi connectivity index (χ2v) is 9.60. The van der Waals surface area contributed by atoms with E-state index in [4.69, 9.17) is 9.40 Å². The molecule has 0 radical (unpaired) electrons. The van der Waals surface area contributed by atoms with E-state index in [1.807, 2.05) is 102 Å². The lowest BCUT2D eigenvalue weighted by Crippen LogP contribution is -2.29. The fourth-order valence-electron chi connectivity index (χ4n) is 4.36. The normalized spacial score (nSPS) is 15.0. The minimum absolute atomic E-state index is 0.326. The Morgan fingerprint density at radius 3 is 1.78 bits per heavy atom. The Labute approximate surface area is 212 Å². The summed E-state index contributed by atoms with van der Waals surface area (Å²) in [7, 11) is 7.85. The van der Waals surface area contributed by atoms with Crippen LogP contribution in [0.2, 0.25) is 0 Å². The molecular formula is C29H32N4O3. The van der Waals surface area contributed by atoms with E-state index in [1.54, 1.807) is 12.1 Å². The van der Waals surface area contributed by atoms with Gasteiger partial charge in [-0.3, -0.25) is 9.59 Å². The molecular weight excluding hydrogens is 452 g/mol. The Morgan fingerprint density at radius 2 is 1.28 bits per heavy atom. The zero-order valence-corrected chi connectivity index (χ0v) is 22.1. The number of imide groups is 1. The summed E-state index contributed by atoms with van der Waals surface area (Å²) in [6.45, 7) is 7.34. The van der Waals surface area contributed by atoms with Crippen LogP contribution in [0.3, 0.4) is 0 Å². The molecule has 2 heterocycles. The van der Waals surface area contributed by atoms with Gasteiger partial charge in [-0.15, -0.1) is 0 Å². The second-order valence-electron chi connectivity index (χ2n) is 9.60. The van der Waals surface area contributed by atoms with Crippen molar-refractivity contribution in [1.82, 2.24) is 4.98 Å². The van der Waals surface area contributed by atoms with Crippen molar-refractivity contribution in [1.29, 1.82) is 0 Å². The van der Waals surface area contributed by atoms with E-state index in [0.29, 0.717) is 39.8 Å². The fourth-order valence-corrected chi connectivity index (χ4v) is 4.36. The zero-order chi connectivity index (χ0) is 26.3. The molecule has 0 spiro atoms. The van der Waals surface area contributed by atoms with E-state index in [9.17, 15) is 9.59 Å². The van der Waals surface area contributed by atoms with Gasteiger partial charge in [-0.1, -0.05) is 5.57 Å². The highest BCUT2D eigenvalue weighted by Gasteiger charge is 2.42. The highest BCUT2D eigenvalue weighted by Crippen LogP contribution is 2.38. The maximum absolute atomic E-state index is 13.7. The van der Waals surface area contributed by atoms with Crippen molar-refractivity contribution in [3.8, 4) is 11.5 Å². The number of aryl methyl sites for hydroxylation is 1. The van der Waals surface area contributed by atoms with Crippen LogP contribution in [-0.2, 0) is 9.59 Å². The number of hydrogen-bond acceptors (Lipinski definition) is 6. The van der Waals surface area contributed by atoms with E-state index in [2.05, 4.69) is 0 Å². The number of amides is 2. The largest absolute Gasteiger partial charge is 0.441 e. The molecule has 0 aliphatic carbocycles. The lowest BCUT2D eigenvalue weighted by molar-refractivity contribution is -0.119. The summed E-state index contributed by atoms with van der Waals surface area (Å²) in [5, 5.41) is 0. The number of carbonyl (C=O) groups excluding carboxylic acids is 2. The van der Waals surface area contributed by atoms with Gasteiger partial charge in [0.1, 0.15) is 11.5 Å². The number of carbonyl (C=O) groups is 2. The minimum Gasteiger partial charge on any atom is -0.441 e. The number of hydrogen-bond donors (Lipinski definition) is 0. The highest BCUT2D eigenvalue weighted by molar-refractivity contribution is 6.39. The van der Waals surface area contributed by atoms with Gasteiger partial charge >= 0.3 is 0 Å². The van der Waals surface area contributed by atoms with Crippen LogP contribution in [-0.4, -0.2) is 45.0 Å². The number of anilines is 3. The molecule has 1 fully saturated rings. The molecule has 0 atom stereocenters. The zero-order valence-electron chi connectivity index (χ0n) is 22.1. The van der Waals surface area contributed by atoms with Crippen LogP contribution in [0.15, 0.2) is 69.7 Å². The molecule has 3 aromatic rings. The molecule has 186 valence electrons. The molecule has 0 bridgehead atoms. The monoisotopic (exact) mass is 484 g/mol. The Balaban J connectivity index is 1.78. The van der Waals surface area contributed by atoms with Gasteiger partial charge in [-0.2, -0.15) is 0 Å². The number of benzene rings is 2. The smallest absolute Gasteiger partial charge is 0.266 e. The van der Waals surface area contributed by atoms with Gasteiger partial charge in [0.15, 0.2) is 0 Å². The predicted molar refractivity (Wildman–Crippen MR) is 145 cm³/mol. The quantitative estimate of drug-likeness (QED) is 0.354. The molecule has 1 aromatic heterocycles. The van der Waals surface area contributed by atoms with Gasteiger partial charge in [0.25, 0.3) is 11.8 Å². The SMILES string of the molecule is CC(C)=C1C(=O)N(c2ccc(N(C)C)cc2)C(=O)/C1=C(/C)c1nc(-c2ccc(N(C)C)cc2)oc1C. The molecule has 2 aromatic carbocycles. The Bertz CT molecular complexity index is 1390. The second kappa shape index (κ2) is 9.49. The van der Waals surface area contributed by atoms with Gasteiger partial charge in [-0.05, 0) is 81.8 Å². The molecule has 1 aliphatic heterocycles. The summed E-state index contributed by atoms with van der Waals surface area (Å²) in [6.07, 6.45) is 0. The fraction of sp³-hybridized carbons (Fsp3) is 0.276. The number of rotatable bonds is 5. The van der Waals surface area contributed by atoms with Crippen molar-refractivity contribution < 1.29 is 14.0 Å². The molecule has 36 heavy (non-hydrogen) atoms. The van der Waals surface area contributed by atoms with Crippen molar-refractivity contribution in [2.75, 3.05) is 42.9 Å². The van der Waals surface area contributed by atoms with E-state index in [1.165, 1.54) is 4.90 Å². The third-order valence-electron chi connectivity index (χ3n) is 6.37. The topological polar surface area (TPSA) is 69.9 Å². The molecule has 0 N–H and O–H groups in total. The van der Waals surface area contributed by atoms with Crippen LogP contribution in [0.25, 0.3) is 17.0 Å². The summed E-state index contributed by atoms with van der Waals surface area (Å²) in [5.74, 6) is 0.381. The number of oxazole rings is 1. The lowest BCUT2D eigenvalue weighted by atomic mass is 9.97. The molecule has 2 amide bonds. The summed E-state index contributed by atoms with van der Waals surface area (Å²) < 4.78 is 6.00. The minimum atomic E-state index is -0.356. The summed E-state index contributed by atoms with van der Waals surface area (Å²) >= 11 is 0. The molecule has 7 heteroatoms. The Hall–Kier alpha value is -4.13. The van der Waals surface area contributed by atoms with Crippen molar-refractivity contribution in [2.24, 2.45) is 0 Å². The van der Waals surface area contributed by atoms with Gasteiger partial charge in [0.2, 0.25) is 5.89 Å². The molecule has 0 saturated carbocycles. The standard InChI is InChI=1S/C29H32N4O3/c1-17(2)24-25(29(35)33(28(24)34)23-15-13-22(14-16-23)32(7)8)18(3)26-19(4)36-27(30-26)20-9-11-21(12-10-20)31(5)6/h9-16H,1-8H3/b25-18-. The summed E-state index contributed by atoms with van der Waals surface area (Å²) in [5.41, 5.74) is 6.17. The van der Waals surface area contributed by atoms with Crippen LogP contribution in [0.4, 0.5) is 17.1 Å². The molecule has 7 nitrogen and oxygen atoms in total. The Morgan fingerprint density at radius 1 is 0.778 bits per heavy atom. The van der Waals surface area contributed by atoms with E-state index in [0.717, 1.165) is 22.5 Å². The van der Waals surface area contributed by atoms with Crippen LogP contribution in [0.5, 0.6) is 0 Å². The van der Waals surface area contributed by atoms with E-state index >= 15 is 0 Å². The average molecular weight is 485 g/mol. The first-order valence-corrected chi connectivity index (χ1v) is 11.8. The third kappa shape index (κ3) is 4.33. The first-order chi connectivity index (χ1) is 17.0. The molecule has 4 rings (SSSR count). The third-order valence-corrected chi connectivity index (χ3v) is 6.37. The van der Waals surface area contributed by atoms with Crippen LogP contribution < -0.4 is 14.7 Å². The van der Waals surface area contributed by atoms with E-state index in [-0.39, 0.29) is 11.8 Å². The van der Waals surface area contributed by atoms with Crippen molar-refractivity contribution in [3.63, 3.8) is 0 Å². The van der Waals surface area contributed by atoms with Gasteiger partial charge in [-0.25, -0.2) is 9.88 Å². The van der Waals surface area contributed by atoms with Crippen LogP contribution >= 0.6 is 0 Å². The Kier molecular flexibility index (Phi) is 6.59. The number of aromatic nitrogens is 1. The first kappa shape index (κ1) is 25.0. The van der Waals surface area contributed by atoms with Crippen molar-refractivity contribution in [2.45, 2.75) is 27.7 Å². The van der Waals surface area contributed by atoms with Gasteiger partial charge in [0, 0.05) is 45.1 Å². The van der Waals surface area contributed by atoms with Crippen molar-refractivity contribution >= 4 is 34.4 Å². The first-order valence-electron chi connectivity index (χ1n) is 11.8. The van der Waals surface area contributed by atoms with Crippen molar-refractivity contribution in [3.05, 3.63) is 76.7 Å². The molecule has 1 saturated heterocycles. The summed E-state index contributed by atoms with van der Waals surface area (Å²) in [6, 6.07) is 15.3. The van der Waals surface area contributed by atoms with Gasteiger partial charge in [0.05, 0.1) is 16.8 Å². The number of nitrogens with zero attached hydrogens (tertiary/aromatic N) is 4. The molecule has 0 unspecified atom stereocenters. The van der Waals surface area contributed by atoms with E-state index < -0.39 is 0 Å². The highest BCUT2D eigenvalue weighted by atomic mass is 16.4. The molecule has 1 aliphatic rings. The van der Waals surface area contributed by atoms with Crippen LogP contribution in [0, 0.1) is 6.92 Å². The maximum atomic E-state index is 13.7. The lowest BCUT2D eigenvalue weighted by Gasteiger charge is -2.16. The van der Waals surface area contributed by atoms with Gasteiger partial charge < -0.3 is 14.2 Å². The summed E-state index contributed by atoms with van der Waals surface area (Å²) in [4.78, 5) is 37.1. The average Bonchev–Trinajstić information content (AvgIpc) is 3.35. The number of allylic oxidation sites excluding steroid dienone is 2. The predicted octanol–water partition coefficient (Wildman–Crippen LogP) is 5.47. The van der Waals surface area contributed by atoms with Crippen LogP contribution in [0.1, 0.15) is 32.2 Å². The maximum Gasteiger partial charge on any atom is 0.266 e.